The molecule has 1 aromatic rings. The molecule has 0 saturated heterocycles. The van der Waals surface area contributed by atoms with Gasteiger partial charge in [-0.25, -0.2) is 0 Å². The van der Waals surface area contributed by atoms with Crippen LogP contribution in [0.4, 0.5) is 5.69 Å². The number of amides is 1. The maximum atomic E-state index is 11.6. The molecule has 0 heterocycles. The second kappa shape index (κ2) is 8.91. The molecule has 102 valence electrons. The standard InChI is InChI=1S/C13H20N2O2.ClH/c1-3-17-9-11-4-6-12(7-5-11)15-13(16)10(2)8-14;/h4-7,10H,3,8-9,14H2,1-2H3,(H,15,16);1H. The molecule has 3 N–H and O–H groups in total. The number of anilines is 1. The number of carbonyl (C=O) groups excluding carboxylic acids is 1. The van der Waals surface area contributed by atoms with Crippen molar-refractivity contribution in [3.05, 3.63) is 29.8 Å². The normalized spacial score (nSPS) is 11.5. The summed E-state index contributed by atoms with van der Waals surface area (Å²) < 4.78 is 5.29. The first-order chi connectivity index (χ1) is 8.17. The zero-order valence-electron chi connectivity index (χ0n) is 10.8. The van der Waals surface area contributed by atoms with Crippen LogP contribution in [0.5, 0.6) is 0 Å². The van der Waals surface area contributed by atoms with Crippen LogP contribution in [0.2, 0.25) is 0 Å². The van der Waals surface area contributed by atoms with Crippen molar-refractivity contribution in [2.45, 2.75) is 20.5 Å². The van der Waals surface area contributed by atoms with E-state index in [9.17, 15) is 4.79 Å². The van der Waals surface area contributed by atoms with Crippen LogP contribution >= 0.6 is 12.4 Å². The Bertz CT molecular complexity index is 355. The fraction of sp³-hybridized carbons (Fsp3) is 0.462. The summed E-state index contributed by atoms with van der Waals surface area (Å²) in [6, 6.07) is 7.63. The Hall–Kier alpha value is -1.10. The van der Waals surface area contributed by atoms with E-state index in [1.807, 2.05) is 31.2 Å². The molecule has 0 radical (unpaired) electrons. The third-order valence-corrected chi connectivity index (χ3v) is 2.50. The summed E-state index contributed by atoms with van der Waals surface area (Å²) in [6.45, 7) is 5.42. The van der Waals surface area contributed by atoms with Crippen LogP contribution in [0.3, 0.4) is 0 Å². The fourth-order valence-electron chi connectivity index (χ4n) is 1.28. The van der Waals surface area contributed by atoms with E-state index >= 15 is 0 Å². The van der Waals surface area contributed by atoms with Gasteiger partial charge in [0.2, 0.25) is 5.91 Å². The van der Waals surface area contributed by atoms with Gasteiger partial charge >= 0.3 is 0 Å². The zero-order valence-corrected chi connectivity index (χ0v) is 11.6. The Morgan fingerprint density at radius 2 is 2.00 bits per heavy atom. The van der Waals surface area contributed by atoms with Crippen molar-refractivity contribution in [3.63, 3.8) is 0 Å². The lowest BCUT2D eigenvalue weighted by Gasteiger charge is -2.10. The minimum atomic E-state index is -0.168. The molecule has 18 heavy (non-hydrogen) atoms. The van der Waals surface area contributed by atoms with Crippen LogP contribution < -0.4 is 11.1 Å². The first kappa shape index (κ1) is 16.9. The Balaban J connectivity index is 0.00000289. The highest BCUT2D eigenvalue weighted by molar-refractivity contribution is 5.92. The van der Waals surface area contributed by atoms with Crippen molar-refractivity contribution >= 4 is 24.0 Å². The van der Waals surface area contributed by atoms with Gasteiger partial charge in [-0.1, -0.05) is 19.1 Å². The second-order valence-corrected chi connectivity index (χ2v) is 3.96. The Labute approximate surface area is 114 Å². The van der Waals surface area contributed by atoms with E-state index in [1.54, 1.807) is 6.92 Å². The first-order valence-corrected chi connectivity index (χ1v) is 5.85. The number of rotatable bonds is 6. The van der Waals surface area contributed by atoms with E-state index in [0.29, 0.717) is 19.8 Å². The number of ether oxygens (including phenoxy) is 1. The van der Waals surface area contributed by atoms with Gasteiger partial charge in [0.15, 0.2) is 0 Å². The van der Waals surface area contributed by atoms with Crippen molar-refractivity contribution in [2.75, 3.05) is 18.5 Å². The minimum Gasteiger partial charge on any atom is -0.377 e. The molecule has 0 aliphatic rings. The minimum absolute atomic E-state index is 0. The average molecular weight is 273 g/mol. The van der Waals surface area contributed by atoms with Crippen molar-refractivity contribution < 1.29 is 9.53 Å². The van der Waals surface area contributed by atoms with E-state index in [1.165, 1.54) is 0 Å². The molecule has 1 aromatic carbocycles. The molecule has 0 saturated carbocycles. The van der Waals surface area contributed by atoms with Crippen molar-refractivity contribution in [3.8, 4) is 0 Å². The quantitative estimate of drug-likeness (QED) is 0.834. The summed E-state index contributed by atoms with van der Waals surface area (Å²) in [6.07, 6.45) is 0. The van der Waals surface area contributed by atoms with Crippen LogP contribution in [0.1, 0.15) is 19.4 Å². The molecule has 0 aromatic heterocycles. The molecule has 0 spiro atoms. The number of nitrogens with two attached hydrogens (primary N) is 1. The molecule has 1 unspecified atom stereocenters. The largest absolute Gasteiger partial charge is 0.377 e. The first-order valence-electron chi connectivity index (χ1n) is 5.85. The molecule has 0 aliphatic heterocycles. The summed E-state index contributed by atoms with van der Waals surface area (Å²) in [4.78, 5) is 11.6. The summed E-state index contributed by atoms with van der Waals surface area (Å²) in [5.74, 6) is -0.219. The van der Waals surface area contributed by atoms with Gasteiger partial charge in [0, 0.05) is 24.8 Å². The molecular formula is C13H21ClN2O2. The summed E-state index contributed by atoms with van der Waals surface area (Å²) >= 11 is 0. The maximum absolute atomic E-state index is 11.6. The van der Waals surface area contributed by atoms with Crippen molar-refractivity contribution in [1.82, 2.24) is 0 Å². The van der Waals surface area contributed by atoms with Gasteiger partial charge in [-0.15, -0.1) is 12.4 Å². The number of benzene rings is 1. The lowest BCUT2D eigenvalue weighted by atomic mass is 10.1. The van der Waals surface area contributed by atoms with Gasteiger partial charge in [0.1, 0.15) is 0 Å². The Morgan fingerprint density at radius 3 is 2.50 bits per heavy atom. The molecular weight excluding hydrogens is 252 g/mol. The molecule has 1 amide bonds. The summed E-state index contributed by atoms with van der Waals surface area (Å²) in [5.41, 5.74) is 7.31. The van der Waals surface area contributed by atoms with Gasteiger partial charge in [0.05, 0.1) is 6.61 Å². The monoisotopic (exact) mass is 272 g/mol. The van der Waals surface area contributed by atoms with Gasteiger partial charge in [-0.2, -0.15) is 0 Å². The maximum Gasteiger partial charge on any atom is 0.228 e. The van der Waals surface area contributed by atoms with Gasteiger partial charge < -0.3 is 15.8 Å². The molecule has 0 fully saturated rings. The number of hydrogen-bond acceptors (Lipinski definition) is 3. The van der Waals surface area contributed by atoms with Crippen LogP contribution in [-0.2, 0) is 16.1 Å². The smallest absolute Gasteiger partial charge is 0.228 e. The number of carbonyl (C=O) groups is 1. The summed E-state index contributed by atoms with van der Waals surface area (Å²) in [7, 11) is 0. The molecule has 1 rings (SSSR count). The fourth-order valence-corrected chi connectivity index (χ4v) is 1.28. The number of halogens is 1. The highest BCUT2D eigenvalue weighted by atomic mass is 35.5. The highest BCUT2D eigenvalue weighted by Gasteiger charge is 2.10. The highest BCUT2D eigenvalue weighted by Crippen LogP contribution is 2.11. The predicted octanol–water partition coefficient (Wildman–Crippen LogP) is 2.18. The van der Waals surface area contributed by atoms with E-state index < -0.39 is 0 Å². The van der Waals surface area contributed by atoms with Crippen LogP contribution in [0.15, 0.2) is 24.3 Å². The van der Waals surface area contributed by atoms with Gasteiger partial charge in [-0.05, 0) is 24.6 Å². The molecule has 1 atom stereocenters. The molecule has 0 aliphatic carbocycles. The van der Waals surface area contributed by atoms with Crippen molar-refractivity contribution in [2.24, 2.45) is 11.7 Å². The van der Waals surface area contributed by atoms with E-state index in [0.717, 1.165) is 11.3 Å². The zero-order chi connectivity index (χ0) is 12.7. The number of nitrogens with one attached hydrogen (secondary N) is 1. The Kier molecular flexibility index (Phi) is 8.37. The van der Waals surface area contributed by atoms with Crippen LogP contribution in [-0.4, -0.2) is 19.1 Å². The molecule has 5 heteroatoms. The average Bonchev–Trinajstić information content (AvgIpc) is 2.37. The van der Waals surface area contributed by atoms with E-state index in [4.69, 9.17) is 10.5 Å². The summed E-state index contributed by atoms with van der Waals surface area (Å²) in [5, 5.41) is 2.82. The molecule has 4 nitrogen and oxygen atoms in total. The molecule has 0 bridgehead atoms. The van der Waals surface area contributed by atoms with E-state index in [-0.39, 0.29) is 24.2 Å². The van der Waals surface area contributed by atoms with Crippen molar-refractivity contribution in [1.29, 1.82) is 0 Å². The van der Waals surface area contributed by atoms with Crippen LogP contribution in [0.25, 0.3) is 0 Å². The second-order valence-electron chi connectivity index (χ2n) is 3.96. The lowest BCUT2D eigenvalue weighted by Crippen LogP contribution is -2.26. The third kappa shape index (κ3) is 5.49. The predicted molar refractivity (Wildman–Crippen MR) is 75.9 cm³/mol. The van der Waals surface area contributed by atoms with Gasteiger partial charge in [0.25, 0.3) is 0 Å². The SMILES string of the molecule is CCOCc1ccc(NC(=O)C(C)CN)cc1.Cl. The Morgan fingerprint density at radius 1 is 1.39 bits per heavy atom. The topological polar surface area (TPSA) is 64.3 Å². The van der Waals surface area contributed by atoms with E-state index in [2.05, 4.69) is 5.32 Å². The van der Waals surface area contributed by atoms with Gasteiger partial charge in [-0.3, -0.25) is 4.79 Å². The van der Waals surface area contributed by atoms with Crippen LogP contribution in [0, 0.1) is 5.92 Å². The third-order valence-electron chi connectivity index (χ3n) is 2.50. The number of hydrogen-bond donors (Lipinski definition) is 2. The lowest BCUT2D eigenvalue weighted by molar-refractivity contribution is -0.119.